The zero-order valence-corrected chi connectivity index (χ0v) is 13.1. The Kier molecular flexibility index (Phi) is 7.31. The van der Waals surface area contributed by atoms with Gasteiger partial charge < -0.3 is 10.1 Å². The number of esters is 1. The third-order valence-electron chi connectivity index (χ3n) is 3.45. The molecular formula is C17H27NO2. The van der Waals surface area contributed by atoms with Gasteiger partial charge in [-0.25, -0.2) is 0 Å². The monoisotopic (exact) mass is 277 g/mol. The van der Waals surface area contributed by atoms with Crippen molar-refractivity contribution in [3.8, 4) is 0 Å². The first-order valence-electron chi connectivity index (χ1n) is 7.52. The van der Waals surface area contributed by atoms with Crippen LogP contribution in [0, 0.1) is 6.92 Å². The Bertz CT molecular complexity index is 400. The van der Waals surface area contributed by atoms with Crippen LogP contribution in [0.4, 0.5) is 0 Å². The Morgan fingerprint density at radius 1 is 1.25 bits per heavy atom. The largest absolute Gasteiger partial charge is 0.466 e. The second-order valence-electron chi connectivity index (χ2n) is 5.37. The van der Waals surface area contributed by atoms with E-state index in [-0.39, 0.29) is 12.0 Å². The quantitative estimate of drug-likeness (QED) is 0.741. The third-order valence-corrected chi connectivity index (χ3v) is 3.45. The lowest BCUT2D eigenvalue weighted by molar-refractivity contribution is -0.143. The summed E-state index contributed by atoms with van der Waals surface area (Å²) in [6.45, 7) is 8.66. The van der Waals surface area contributed by atoms with Crippen molar-refractivity contribution in [3.63, 3.8) is 0 Å². The first-order chi connectivity index (χ1) is 9.55. The Morgan fingerprint density at radius 3 is 2.45 bits per heavy atom. The summed E-state index contributed by atoms with van der Waals surface area (Å²) in [6, 6.07) is 9.02. The molecule has 1 rings (SSSR count). The highest BCUT2D eigenvalue weighted by atomic mass is 16.5. The van der Waals surface area contributed by atoms with Crippen molar-refractivity contribution < 1.29 is 9.53 Å². The van der Waals surface area contributed by atoms with E-state index in [9.17, 15) is 4.79 Å². The topological polar surface area (TPSA) is 38.3 Å². The maximum absolute atomic E-state index is 11.7. The van der Waals surface area contributed by atoms with Crippen molar-refractivity contribution in [2.75, 3.05) is 6.61 Å². The first-order valence-corrected chi connectivity index (χ1v) is 7.52. The van der Waals surface area contributed by atoms with Gasteiger partial charge in [0, 0.05) is 12.1 Å². The van der Waals surface area contributed by atoms with Crippen molar-refractivity contribution in [3.05, 3.63) is 35.4 Å². The highest BCUT2D eigenvalue weighted by Gasteiger charge is 2.17. The molecule has 0 heterocycles. The van der Waals surface area contributed by atoms with Gasteiger partial charge in [-0.2, -0.15) is 0 Å². The van der Waals surface area contributed by atoms with Crippen molar-refractivity contribution >= 4 is 5.97 Å². The SMILES string of the molecule is CCOC(=O)CC(Cc1ccc(C)cc1)NC(C)CC. The number of ether oxygens (including phenoxy) is 1. The number of hydrogen-bond donors (Lipinski definition) is 1. The van der Waals surface area contributed by atoms with Gasteiger partial charge in [0.1, 0.15) is 0 Å². The molecule has 2 atom stereocenters. The Hall–Kier alpha value is -1.35. The molecule has 112 valence electrons. The molecule has 0 aliphatic heterocycles. The van der Waals surface area contributed by atoms with E-state index in [1.165, 1.54) is 11.1 Å². The maximum atomic E-state index is 11.7. The number of nitrogens with one attached hydrogen (secondary N) is 1. The van der Waals surface area contributed by atoms with Gasteiger partial charge in [-0.15, -0.1) is 0 Å². The molecule has 0 saturated heterocycles. The molecule has 1 aromatic rings. The fraction of sp³-hybridized carbons (Fsp3) is 0.588. The van der Waals surface area contributed by atoms with Crippen LogP contribution in [0.15, 0.2) is 24.3 Å². The molecule has 0 aliphatic rings. The molecule has 2 unspecified atom stereocenters. The molecule has 3 heteroatoms. The highest BCUT2D eigenvalue weighted by Crippen LogP contribution is 2.10. The van der Waals surface area contributed by atoms with E-state index in [1.807, 2.05) is 6.92 Å². The van der Waals surface area contributed by atoms with Crippen LogP contribution in [0.25, 0.3) is 0 Å². The van der Waals surface area contributed by atoms with E-state index in [0.717, 1.165) is 12.8 Å². The van der Waals surface area contributed by atoms with Crippen LogP contribution < -0.4 is 5.32 Å². The smallest absolute Gasteiger partial charge is 0.307 e. The molecular weight excluding hydrogens is 250 g/mol. The Balaban J connectivity index is 2.65. The van der Waals surface area contributed by atoms with Crippen LogP contribution in [0.3, 0.4) is 0 Å². The van der Waals surface area contributed by atoms with Crippen LogP contribution in [-0.2, 0) is 16.0 Å². The van der Waals surface area contributed by atoms with Crippen LogP contribution >= 0.6 is 0 Å². The molecule has 3 nitrogen and oxygen atoms in total. The molecule has 1 N–H and O–H groups in total. The van der Waals surface area contributed by atoms with Crippen LogP contribution in [-0.4, -0.2) is 24.7 Å². The van der Waals surface area contributed by atoms with Gasteiger partial charge >= 0.3 is 5.97 Å². The molecule has 0 spiro atoms. The molecule has 0 aliphatic carbocycles. The van der Waals surface area contributed by atoms with E-state index < -0.39 is 0 Å². The summed E-state index contributed by atoms with van der Waals surface area (Å²) in [7, 11) is 0. The minimum Gasteiger partial charge on any atom is -0.466 e. The predicted octanol–water partition coefficient (Wildman–Crippen LogP) is 3.25. The van der Waals surface area contributed by atoms with Crippen LogP contribution in [0.2, 0.25) is 0 Å². The minimum atomic E-state index is -0.125. The molecule has 1 aromatic carbocycles. The van der Waals surface area contributed by atoms with Gasteiger partial charge in [0.25, 0.3) is 0 Å². The molecule has 0 amide bonds. The summed E-state index contributed by atoms with van der Waals surface area (Å²) < 4.78 is 5.07. The number of aryl methyl sites for hydroxylation is 1. The summed E-state index contributed by atoms with van der Waals surface area (Å²) in [5.74, 6) is -0.125. The summed E-state index contributed by atoms with van der Waals surface area (Å²) in [5.41, 5.74) is 2.51. The van der Waals surface area contributed by atoms with Gasteiger partial charge in [0.15, 0.2) is 0 Å². The van der Waals surface area contributed by atoms with Gasteiger partial charge in [-0.05, 0) is 39.2 Å². The summed E-state index contributed by atoms with van der Waals surface area (Å²) in [5, 5.41) is 3.52. The van der Waals surface area contributed by atoms with E-state index in [4.69, 9.17) is 4.74 Å². The Labute approximate surface area is 122 Å². The van der Waals surface area contributed by atoms with E-state index >= 15 is 0 Å². The van der Waals surface area contributed by atoms with Crippen molar-refractivity contribution in [1.82, 2.24) is 5.32 Å². The average molecular weight is 277 g/mol. The second kappa shape index (κ2) is 8.75. The highest BCUT2D eigenvalue weighted by molar-refractivity contribution is 5.70. The van der Waals surface area contributed by atoms with Crippen molar-refractivity contribution in [1.29, 1.82) is 0 Å². The van der Waals surface area contributed by atoms with Gasteiger partial charge in [-0.3, -0.25) is 4.79 Å². The summed E-state index contributed by atoms with van der Waals surface area (Å²) >= 11 is 0. The zero-order valence-electron chi connectivity index (χ0n) is 13.1. The van der Waals surface area contributed by atoms with Crippen molar-refractivity contribution in [2.24, 2.45) is 0 Å². The fourth-order valence-corrected chi connectivity index (χ4v) is 2.14. The fourth-order valence-electron chi connectivity index (χ4n) is 2.14. The minimum absolute atomic E-state index is 0.125. The molecule has 20 heavy (non-hydrogen) atoms. The molecule has 0 saturated carbocycles. The average Bonchev–Trinajstić information content (AvgIpc) is 2.41. The van der Waals surface area contributed by atoms with Crippen molar-refractivity contribution in [2.45, 2.75) is 59.0 Å². The number of carbonyl (C=O) groups is 1. The lowest BCUT2D eigenvalue weighted by atomic mass is 10.0. The zero-order chi connectivity index (χ0) is 15.0. The standard InChI is InChI=1S/C17H27NO2/c1-5-14(4)18-16(12-17(19)20-6-2)11-15-9-7-13(3)8-10-15/h7-10,14,16,18H,5-6,11-12H2,1-4H3. The van der Waals surface area contributed by atoms with Gasteiger partial charge in [0.05, 0.1) is 13.0 Å². The molecule has 0 fully saturated rings. The molecule has 0 bridgehead atoms. The number of rotatable bonds is 8. The lowest BCUT2D eigenvalue weighted by Crippen LogP contribution is -2.39. The molecule has 0 radical (unpaired) electrons. The van der Waals surface area contributed by atoms with Gasteiger partial charge in [0.2, 0.25) is 0 Å². The lowest BCUT2D eigenvalue weighted by Gasteiger charge is -2.22. The normalized spacial score (nSPS) is 13.8. The van der Waals surface area contributed by atoms with E-state index in [1.54, 1.807) is 0 Å². The van der Waals surface area contributed by atoms with E-state index in [2.05, 4.69) is 50.4 Å². The second-order valence-corrected chi connectivity index (χ2v) is 5.37. The Morgan fingerprint density at radius 2 is 1.90 bits per heavy atom. The number of benzene rings is 1. The van der Waals surface area contributed by atoms with E-state index in [0.29, 0.717) is 19.1 Å². The maximum Gasteiger partial charge on any atom is 0.307 e. The van der Waals surface area contributed by atoms with Gasteiger partial charge in [-0.1, -0.05) is 36.8 Å². The third kappa shape index (κ3) is 6.20. The number of carbonyl (C=O) groups excluding carboxylic acids is 1. The molecule has 0 aromatic heterocycles. The predicted molar refractivity (Wildman–Crippen MR) is 82.8 cm³/mol. The van der Waals surface area contributed by atoms with Crippen LogP contribution in [0.5, 0.6) is 0 Å². The summed E-state index contributed by atoms with van der Waals surface area (Å²) in [4.78, 5) is 11.7. The first kappa shape index (κ1) is 16.7. The summed E-state index contributed by atoms with van der Waals surface area (Å²) in [6.07, 6.45) is 2.32. The number of hydrogen-bond acceptors (Lipinski definition) is 3. The van der Waals surface area contributed by atoms with Crippen LogP contribution in [0.1, 0.15) is 44.7 Å².